The quantitative estimate of drug-likeness (QED) is 0.359. The van der Waals surface area contributed by atoms with Crippen molar-refractivity contribution in [1.29, 1.82) is 0 Å². The Balaban J connectivity index is 1.13. The number of methoxy groups -OCH3 is 1. The molecule has 1 amide bonds. The number of ether oxygens (including phenoxy) is 2. The Morgan fingerprint density at radius 2 is 1.90 bits per heavy atom. The Hall–Kier alpha value is -3.99. The van der Waals surface area contributed by atoms with Crippen LogP contribution in [0.3, 0.4) is 0 Å². The molecule has 0 aliphatic carbocycles. The molecule has 10 nitrogen and oxygen atoms in total. The van der Waals surface area contributed by atoms with Crippen molar-refractivity contribution in [1.82, 2.24) is 9.97 Å². The van der Waals surface area contributed by atoms with Crippen LogP contribution in [0.2, 0.25) is 0 Å². The van der Waals surface area contributed by atoms with Crippen molar-refractivity contribution in [3.05, 3.63) is 65.2 Å². The van der Waals surface area contributed by atoms with Gasteiger partial charge < -0.3 is 29.0 Å². The lowest BCUT2D eigenvalue weighted by Gasteiger charge is -2.32. The molecule has 2 fully saturated rings. The van der Waals surface area contributed by atoms with E-state index in [0.29, 0.717) is 29.8 Å². The minimum atomic E-state index is -0.885. The van der Waals surface area contributed by atoms with Crippen LogP contribution in [0.15, 0.2) is 47.0 Å². The van der Waals surface area contributed by atoms with E-state index in [1.807, 2.05) is 23.1 Å². The van der Waals surface area contributed by atoms with Crippen LogP contribution in [0.4, 0.5) is 21.9 Å². The fourth-order valence-corrected chi connectivity index (χ4v) is 5.35. The molecule has 1 atom stereocenters. The highest BCUT2D eigenvalue weighted by atomic mass is 19.1. The van der Waals surface area contributed by atoms with E-state index in [4.69, 9.17) is 13.9 Å². The van der Waals surface area contributed by atoms with Crippen molar-refractivity contribution in [3.8, 4) is 0 Å². The second-order valence-electron chi connectivity index (χ2n) is 10.6. The van der Waals surface area contributed by atoms with E-state index in [0.717, 1.165) is 63.2 Å². The van der Waals surface area contributed by atoms with Crippen LogP contribution in [0, 0.1) is 5.92 Å². The lowest BCUT2D eigenvalue weighted by Crippen LogP contribution is -2.37. The fraction of sp³-hybridized carbons (Fsp3) is 0.467. The molecule has 2 aliphatic rings. The van der Waals surface area contributed by atoms with E-state index in [9.17, 15) is 14.0 Å². The number of halogens is 1. The van der Waals surface area contributed by atoms with Gasteiger partial charge in [0.25, 0.3) is 11.9 Å². The van der Waals surface area contributed by atoms with Gasteiger partial charge in [-0.05, 0) is 55.4 Å². The molecule has 4 heterocycles. The van der Waals surface area contributed by atoms with Crippen molar-refractivity contribution < 1.29 is 27.9 Å². The molecule has 0 bridgehead atoms. The van der Waals surface area contributed by atoms with Gasteiger partial charge in [0, 0.05) is 26.2 Å². The summed E-state index contributed by atoms with van der Waals surface area (Å²) in [6.45, 7) is 4.68. The summed E-state index contributed by atoms with van der Waals surface area (Å²) in [6, 6.07) is 11.2. The largest absolute Gasteiger partial charge is 0.465 e. The van der Waals surface area contributed by atoms with Crippen LogP contribution in [-0.4, -0.2) is 61.2 Å². The van der Waals surface area contributed by atoms with Crippen molar-refractivity contribution in [3.63, 3.8) is 0 Å². The monoisotopic (exact) mass is 565 g/mol. The predicted molar refractivity (Wildman–Crippen MR) is 152 cm³/mol. The number of hydrogen-bond acceptors (Lipinski definition) is 9. The second-order valence-corrected chi connectivity index (χ2v) is 10.6. The minimum Gasteiger partial charge on any atom is -0.465 e. The number of benzene rings is 1. The molecule has 2 aliphatic heterocycles. The average molecular weight is 566 g/mol. The Kier molecular flexibility index (Phi) is 9.13. The topological polar surface area (TPSA) is 110 Å². The number of nitrogens with zero attached hydrogens (tertiary/aromatic N) is 4. The van der Waals surface area contributed by atoms with E-state index in [1.54, 1.807) is 24.4 Å². The molecule has 2 aromatic heterocycles. The molecular formula is C30H36FN5O5. The molecule has 11 heteroatoms. The number of oxazole rings is 1. The van der Waals surface area contributed by atoms with Crippen LogP contribution in [0.25, 0.3) is 0 Å². The van der Waals surface area contributed by atoms with E-state index in [1.165, 1.54) is 7.11 Å². The lowest BCUT2D eigenvalue weighted by molar-refractivity contribution is 0.0239. The third kappa shape index (κ3) is 6.84. The van der Waals surface area contributed by atoms with Gasteiger partial charge in [0.05, 0.1) is 37.3 Å². The number of carbonyl (C=O) groups is 2. The van der Waals surface area contributed by atoms with Crippen molar-refractivity contribution >= 4 is 29.4 Å². The predicted octanol–water partition coefficient (Wildman–Crippen LogP) is 5.00. The molecule has 1 aromatic carbocycles. The molecule has 2 saturated heterocycles. The van der Waals surface area contributed by atoms with E-state index >= 15 is 0 Å². The van der Waals surface area contributed by atoms with Crippen molar-refractivity contribution in [2.75, 3.05) is 48.4 Å². The maximum Gasteiger partial charge on any atom is 0.338 e. The lowest BCUT2D eigenvalue weighted by atomic mass is 10.0. The minimum absolute atomic E-state index is 0.000759. The number of pyridine rings is 1. The number of hydrogen-bond donors (Lipinski definition) is 1. The molecule has 1 N–H and O–H groups in total. The first-order valence-electron chi connectivity index (χ1n) is 14.1. The molecule has 218 valence electrons. The molecule has 0 saturated carbocycles. The Morgan fingerprint density at radius 1 is 1.10 bits per heavy atom. The van der Waals surface area contributed by atoms with Gasteiger partial charge in [0.15, 0.2) is 0 Å². The normalized spacial score (nSPS) is 17.9. The van der Waals surface area contributed by atoms with Gasteiger partial charge in [-0.3, -0.25) is 4.79 Å². The highest BCUT2D eigenvalue weighted by Gasteiger charge is 2.26. The first kappa shape index (κ1) is 28.5. The van der Waals surface area contributed by atoms with E-state index in [2.05, 4.69) is 27.1 Å². The molecule has 1 unspecified atom stereocenters. The number of alkyl halides is 1. The Bertz CT molecular complexity index is 1340. The zero-order chi connectivity index (χ0) is 28.8. The number of anilines is 3. The Labute approximate surface area is 238 Å². The summed E-state index contributed by atoms with van der Waals surface area (Å²) in [7, 11) is 1.37. The summed E-state index contributed by atoms with van der Waals surface area (Å²) in [6.07, 6.45) is 5.41. The average Bonchev–Trinajstić information content (AvgIpc) is 3.45. The van der Waals surface area contributed by atoms with Gasteiger partial charge in [-0.1, -0.05) is 25.1 Å². The van der Waals surface area contributed by atoms with Gasteiger partial charge in [-0.15, -0.1) is 0 Å². The second kappa shape index (κ2) is 13.1. The molecule has 3 aromatic rings. The van der Waals surface area contributed by atoms with Gasteiger partial charge >= 0.3 is 5.97 Å². The van der Waals surface area contributed by atoms with Crippen molar-refractivity contribution in [2.45, 2.75) is 52.0 Å². The molecule has 0 radical (unpaired) electrons. The van der Waals surface area contributed by atoms with Gasteiger partial charge in [-0.2, -0.15) is 4.98 Å². The summed E-state index contributed by atoms with van der Waals surface area (Å²) >= 11 is 0. The third-order valence-corrected chi connectivity index (χ3v) is 7.62. The fourth-order valence-electron chi connectivity index (χ4n) is 5.35. The van der Waals surface area contributed by atoms with Crippen molar-refractivity contribution in [2.24, 2.45) is 5.92 Å². The zero-order valence-electron chi connectivity index (χ0n) is 23.5. The van der Waals surface area contributed by atoms with Crippen LogP contribution >= 0.6 is 0 Å². The van der Waals surface area contributed by atoms with Crippen LogP contribution in [0.5, 0.6) is 0 Å². The molecule has 41 heavy (non-hydrogen) atoms. The summed E-state index contributed by atoms with van der Waals surface area (Å²) in [5, 5.41) is 2.75. The third-order valence-electron chi connectivity index (χ3n) is 7.62. The smallest absolute Gasteiger partial charge is 0.338 e. The standard InChI is InChI=1S/C30H36FN5O5/c1-20-6-5-13-36(18-20)30-34-25(16-31)27(41-30)28(37)33-22-9-10-26(32-17-22)35-14-11-23(12-15-35)40-19-21-7-3-4-8-24(21)29(38)39-2/h3-4,7-10,17,20,23H,5-6,11-16,18-19H2,1-2H3,(H,33,37). The SMILES string of the molecule is COC(=O)c1ccccc1COC1CCN(c2ccc(NC(=O)c3oc(N4CCCC(C)C4)nc3CF)cn2)CC1. The summed E-state index contributed by atoms with van der Waals surface area (Å²) < 4.78 is 30.4. The molecule has 0 spiro atoms. The summed E-state index contributed by atoms with van der Waals surface area (Å²) in [5.41, 5.74) is 1.81. The number of amides is 1. The number of aromatic nitrogens is 2. The van der Waals surface area contributed by atoms with Gasteiger partial charge in [-0.25, -0.2) is 14.2 Å². The van der Waals surface area contributed by atoms with Crippen LogP contribution in [-0.2, 0) is 22.8 Å². The number of nitrogens with one attached hydrogen (secondary N) is 1. The highest BCUT2D eigenvalue weighted by Crippen LogP contribution is 2.27. The van der Waals surface area contributed by atoms with Crippen LogP contribution in [0.1, 0.15) is 64.8 Å². The Morgan fingerprint density at radius 3 is 2.61 bits per heavy atom. The van der Waals surface area contributed by atoms with E-state index in [-0.39, 0.29) is 23.5 Å². The van der Waals surface area contributed by atoms with Gasteiger partial charge in [0.2, 0.25) is 5.76 Å². The number of rotatable bonds is 9. The maximum absolute atomic E-state index is 13.7. The zero-order valence-corrected chi connectivity index (χ0v) is 23.5. The molecular weight excluding hydrogens is 529 g/mol. The highest BCUT2D eigenvalue weighted by molar-refractivity contribution is 6.03. The first-order valence-corrected chi connectivity index (χ1v) is 14.1. The van der Waals surface area contributed by atoms with Gasteiger partial charge in [0.1, 0.15) is 18.2 Å². The number of carbonyl (C=O) groups excluding carboxylic acids is 2. The summed E-state index contributed by atoms with van der Waals surface area (Å²) in [4.78, 5) is 37.8. The maximum atomic E-state index is 13.7. The first-order chi connectivity index (χ1) is 19.9. The van der Waals surface area contributed by atoms with Crippen LogP contribution < -0.4 is 15.1 Å². The van der Waals surface area contributed by atoms with E-state index < -0.39 is 12.6 Å². The summed E-state index contributed by atoms with van der Waals surface area (Å²) in [5.74, 6) is 0.248. The number of piperidine rings is 2. The molecule has 5 rings (SSSR count). The number of esters is 1.